The van der Waals surface area contributed by atoms with Crippen molar-refractivity contribution >= 4 is 11.8 Å². The molecule has 2 amide bonds. The molecule has 0 radical (unpaired) electrons. The van der Waals surface area contributed by atoms with Gasteiger partial charge in [0.2, 0.25) is 5.91 Å². The van der Waals surface area contributed by atoms with Crippen LogP contribution in [0.4, 0.5) is 4.39 Å². The van der Waals surface area contributed by atoms with E-state index >= 15 is 0 Å². The lowest BCUT2D eigenvalue weighted by Crippen LogP contribution is -2.30. The molecule has 1 unspecified atom stereocenters. The van der Waals surface area contributed by atoms with E-state index in [1.807, 2.05) is 48.5 Å². The number of ether oxygens (including phenoxy) is 1. The minimum absolute atomic E-state index is 0.0863. The maximum absolute atomic E-state index is 13.5. The van der Waals surface area contributed by atoms with Crippen molar-refractivity contribution in [2.24, 2.45) is 5.92 Å². The van der Waals surface area contributed by atoms with Crippen LogP contribution in [0.3, 0.4) is 0 Å². The van der Waals surface area contributed by atoms with Gasteiger partial charge in [-0.25, -0.2) is 4.39 Å². The quantitative estimate of drug-likeness (QED) is 0.379. The molecule has 0 aliphatic carbocycles. The third-order valence-electron chi connectivity index (χ3n) is 5.75. The van der Waals surface area contributed by atoms with E-state index in [2.05, 4.69) is 24.5 Å². The number of nitrogens with one attached hydrogen (secondary N) is 2. The summed E-state index contributed by atoms with van der Waals surface area (Å²) in [5.74, 6) is 0.440. The van der Waals surface area contributed by atoms with E-state index < -0.39 is 0 Å². The van der Waals surface area contributed by atoms with Crippen molar-refractivity contribution < 1.29 is 18.7 Å². The lowest BCUT2D eigenvalue weighted by Gasteiger charge is -2.22. The predicted molar refractivity (Wildman–Crippen MR) is 136 cm³/mol. The highest BCUT2D eigenvalue weighted by Crippen LogP contribution is 2.24. The maximum atomic E-state index is 13.5. The molecule has 0 saturated carbocycles. The second-order valence-electron chi connectivity index (χ2n) is 8.97. The molecule has 1 atom stereocenters. The topological polar surface area (TPSA) is 67.4 Å². The van der Waals surface area contributed by atoms with Gasteiger partial charge in [-0.05, 0) is 65.8 Å². The zero-order valence-electron chi connectivity index (χ0n) is 20.5. The first kappa shape index (κ1) is 25.9. The molecule has 0 aromatic heterocycles. The molecular formula is C29H33FN2O3. The van der Waals surface area contributed by atoms with Gasteiger partial charge < -0.3 is 15.4 Å². The number of hydrogen-bond acceptors (Lipinski definition) is 3. The highest BCUT2D eigenvalue weighted by Gasteiger charge is 2.20. The van der Waals surface area contributed by atoms with Gasteiger partial charge in [0.15, 0.2) is 0 Å². The standard InChI is InChI=1S/C29H33FN2O3/c1-20(2)17-27(23-11-14-24(30)15-12-23)32-29(34)26-18-21(19-35-25-7-5-4-6-8-25)9-10-22(26)13-16-28(33)31-3/h4-12,14-15,18,20,27H,13,16-17,19H2,1-3H3,(H,31,33)(H,32,34). The summed E-state index contributed by atoms with van der Waals surface area (Å²) in [7, 11) is 1.60. The summed E-state index contributed by atoms with van der Waals surface area (Å²) in [6, 6.07) is 21.1. The molecule has 0 saturated heterocycles. The van der Waals surface area contributed by atoms with Crippen LogP contribution in [0.1, 0.15) is 59.8 Å². The SMILES string of the molecule is CNC(=O)CCc1ccc(COc2ccccc2)cc1C(=O)NC(CC(C)C)c1ccc(F)cc1. The molecule has 35 heavy (non-hydrogen) atoms. The van der Waals surface area contributed by atoms with Gasteiger partial charge in [0.25, 0.3) is 5.91 Å². The fourth-order valence-electron chi connectivity index (χ4n) is 3.88. The van der Waals surface area contributed by atoms with Crippen LogP contribution in [0.25, 0.3) is 0 Å². The van der Waals surface area contributed by atoms with Crippen molar-refractivity contribution in [3.05, 3.63) is 101 Å². The van der Waals surface area contributed by atoms with E-state index in [-0.39, 0.29) is 30.1 Å². The number of halogens is 1. The molecule has 3 aromatic rings. The number of rotatable bonds is 11. The van der Waals surface area contributed by atoms with E-state index in [1.165, 1.54) is 12.1 Å². The van der Waals surface area contributed by atoms with Gasteiger partial charge in [-0.15, -0.1) is 0 Å². The number of carbonyl (C=O) groups excluding carboxylic acids is 2. The normalized spacial score (nSPS) is 11.7. The Balaban J connectivity index is 1.85. The van der Waals surface area contributed by atoms with Crippen molar-refractivity contribution in [3.8, 4) is 5.75 Å². The number of aryl methyl sites for hydroxylation is 1. The summed E-state index contributed by atoms with van der Waals surface area (Å²) in [5.41, 5.74) is 3.00. The Morgan fingerprint density at radius 1 is 0.971 bits per heavy atom. The highest BCUT2D eigenvalue weighted by molar-refractivity contribution is 5.96. The van der Waals surface area contributed by atoms with Gasteiger partial charge in [-0.1, -0.05) is 56.3 Å². The molecule has 6 heteroatoms. The smallest absolute Gasteiger partial charge is 0.252 e. The fourth-order valence-corrected chi connectivity index (χ4v) is 3.88. The lowest BCUT2D eigenvalue weighted by atomic mass is 9.95. The van der Waals surface area contributed by atoms with E-state index in [0.717, 1.165) is 22.4 Å². The first-order chi connectivity index (χ1) is 16.9. The summed E-state index contributed by atoms with van der Waals surface area (Å²) in [6.07, 6.45) is 1.43. The van der Waals surface area contributed by atoms with Crippen LogP contribution in [0.2, 0.25) is 0 Å². The number of carbonyl (C=O) groups is 2. The summed E-state index contributed by atoms with van der Waals surface area (Å²) < 4.78 is 19.3. The number of para-hydroxylation sites is 1. The Kier molecular flexibility index (Phi) is 9.41. The first-order valence-electron chi connectivity index (χ1n) is 11.9. The van der Waals surface area contributed by atoms with Crippen LogP contribution in [-0.4, -0.2) is 18.9 Å². The zero-order chi connectivity index (χ0) is 25.2. The molecule has 2 N–H and O–H groups in total. The van der Waals surface area contributed by atoms with Crippen LogP contribution in [0.5, 0.6) is 5.75 Å². The minimum Gasteiger partial charge on any atom is -0.489 e. The Labute approximate surface area is 206 Å². The van der Waals surface area contributed by atoms with Gasteiger partial charge in [0, 0.05) is 19.0 Å². The van der Waals surface area contributed by atoms with Crippen molar-refractivity contribution in [3.63, 3.8) is 0 Å². The first-order valence-corrected chi connectivity index (χ1v) is 11.9. The monoisotopic (exact) mass is 476 g/mol. The molecule has 0 fully saturated rings. The van der Waals surface area contributed by atoms with Gasteiger partial charge in [0.1, 0.15) is 18.2 Å². The summed E-state index contributed by atoms with van der Waals surface area (Å²) in [5, 5.41) is 5.76. The van der Waals surface area contributed by atoms with E-state index in [1.54, 1.807) is 19.2 Å². The van der Waals surface area contributed by atoms with Crippen LogP contribution in [0, 0.1) is 11.7 Å². The Morgan fingerprint density at radius 3 is 2.34 bits per heavy atom. The van der Waals surface area contributed by atoms with Crippen molar-refractivity contribution in [2.75, 3.05) is 7.05 Å². The number of amides is 2. The summed E-state index contributed by atoms with van der Waals surface area (Å²) in [6.45, 7) is 4.48. The van der Waals surface area contributed by atoms with Crippen LogP contribution >= 0.6 is 0 Å². The average Bonchev–Trinajstić information content (AvgIpc) is 2.86. The van der Waals surface area contributed by atoms with Crippen molar-refractivity contribution in [1.29, 1.82) is 0 Å². The highest BCUT2D eigenvalue weighted by atomic mass is 19.1. The Bertz CT molecular complexity index is 1110. The van der Waals surface area contributed by atoms with Crippen LogP contribution < -0.4 is 15.4 Å². The molecular weight excluding hydrogens is 443 g/mol. The third kappa shape index (κ3) is 7.95. The van der Waals surface area contributed by atoms with E-state index in [4.69, 9.17) is 4.74 Å². The Hall–Kier alpha value is -3.67. The molecule has 0 bridgehead atoms. The Morgan fingerprint density at radius 2 is 1.69 bits per heavy atom. The molecule has 0 spiro atoms. The van der Waals surface area contributed by atoms with Gasteiger partial charge >= 0.3 is 0 Å². The van der Waals surface area contributed by atoms with E-state index in [9.17, 15) is 14.0 Å². The molecule has 0 aliphatic rings. The number of hydrogen-bond donors (Lipinski definition) is 2. The third-order valence-corrected chi connectivity index (χ3v) is 5.75. The average molecular weight is 477 g/mol. The maximum Gasteiger partial charge on any atom is 0.252 e. The molecule has 3 rings (SSSR count). The van der Waals surface area contributed by atoms with Crippen LogP contribution in [-0.2, 0) is 17.8 Å². The lowest BCUT2D eigenvalue weighted by molar-refractivity contribution is -0.120. The molecule has 184 valence electrons. The predicted octanol–water partition coefficient (Wildman–Crippen LogP) is 5.60. The van der Waals surface area contributed by atoms with E-state index in [0.29, 0.717) is 30.9 Å². The van der Waals surface area contributed by atoms with Crippen molar-refractivity contribution in [1.82, 2.24) is 10.6 Å². The second kappa shape index (κ2) is 12.7. The molecule has 5 nitrogen and oxygen atoms in total. The van der Waals surface area contributed by atoms with Gasteiger partial charge in [-0.2, -0.15) is 0 Å². The molecule has 0 aliphatic heterocycles. The summed E-state index contributed by atoms with van der Waals surface area (Å²) in [4.78, 5) is 25.4. The van der Waals surface area contributed by atoms with Gasteiger partial charge in [-0.3, -0.25) is 9.59 Å². The summed E-state index contributed by atoms with van der Waals surface area (Å²) >= 11 is 0. The van der Waals surface area contributed by atoms with Crippen molar-refractivity contribution in [2.45, 2.75) is 45.8 Å². The van der Waals surface area contributed by atoms with Gasteiger partial charge in [0.05, 0.1) is 6.04 Å². The minimum atomic E-state index is -0.314. The molecule has 3 aromatic carbocycles. The zero-order valence-corrected chi connectivity index (χ0v) is 20.5. The largest absolute Gasteiger partial charge is 0.489 e. The van der Waals surface area contributed by atoms with Crippen LogP contribution in [0.15, 0.2) is 72.8 Å². The second-order valence-corrected chi connectivity index (χ2v) is 8.97. The molecule has 0 heterocycles. The number of benzene rings is 3. The fraction of sp³-hybridized carbons (Fsp3) is 0.310.